The smallest absolute Gasteiger partial charge is 0.128 e. The van der Waals surface area contributed by atoms with Gasteiger partial charge in [0, 0.05) is 12.6 Å². The largest absolute Gasteiger partial charge is 0.383 e. The second kappa shape index (κ2) is 3.48. The van der Waals surface area contributed by atoms with Crippen LogP contribution in [0.15, 0.2) is 12.1 Å². The van der Waals surface area contributed by atoms with E-state index in [4.69, 9.17) is 0 Å². The highest BCUT2D eigenvalue weighted by atomic mass is 19.1. The fourth-order valence-electron chi connectivity index (χ4n) is 1.71. The Balaban J connectivity index is 2.41. The number of nitrogens with one attached hydrogen (secondary N) is 2. The van der Waals surface area contributed by atoms with Crippen LogP contribution >= 0.6 is 0 Å². The van der Waals surface area contributed by atoms with Gasteiger partial charge in [-0.05, 0) is 38.0 Å². The topological polar surface area (TPSA) is 24.1 Å². The third-order valence-corrected chi connectivity index (χ3v) is 2.59. The van der Waals surface area contributed by atoms with Gasteiger partial charge in [-0.15, -0.1) is 0 Å². The highest BCUT2D eigenvalue weighted by molar-refractivity contribution is 5.70. The second-order valence-corrected chi connectivity index (χ2v) is 3.91. The maximum absolute atomic E-state index is 13.3. The van der Waals surface area contributed by atoms with Crippen molar-refractivity contribution in [2.24, 2.45) is 0 Å². The van der Waals surface area contributed by atoms with Crippen LogP contribution in [0.4, 0.5) is 15.8 Å². The van der Waals surface area contributed by atoms with Gasteiger partial charge >= 0.3 is 0 Å². The van der Waals surface area contributed by atoms with Crippen molar-refractivity contribution in [3.8, 4) is 0 Å². The van der Waals surface area contributed by atoms with Crippen molar-refractivity contribution in [2.75, 3.05) is 17.2 Å². The number of rotatable bonds is 0. The van der Waals surface area contributed by atoms with Crippen molar-refractivity contribution in [1.82, 2.24) is 0 Å². The molecule has 2 N–H and O–H groups in total. The molecular formula is C11H15FN2. The predicted octanol–water partition coefficient (Wildman–Crippen LogP) is 2.75. The number of anilines is 2. The summed E-state index contributed by atoms with van der Waals surface area (Å²) in [5.74, 6) is -0.146. The van der Waals surface area contributed by atoms with Crippen LogP contribution in [-0.4, -0.2) is 12.6 Å². The second-order valence-electron chi connectivity index (χ2n) is 3.91. The lowest BCUT2D eigenvalue weighted by Gasteiger charge is -2.12. The number of hydrogen-bond acceptors (Lipinski definition) is 2. The molecule has 0 saturated heterocycles. The molecule has 1 aromatic rings. The third-order valence-electron chi connectivity index (χ3n) is 2.59. The van der Waals surface area contributed by atoms with Crippen LogP contribution in [0, 0.1) is 12.7 Å². The molecule has 14 heavy (non-hydrogen) atoms. The normalized spacial score (nSPS) is 20.4. The lowest BCUT2D eigenvalue weighted by atomic mass is 10.1. The number of aryl methyl sites for hydroxylation is 1. The fraction of sp³-hybridized carbons (Fsp3) is 0.455. The molecular weight excluding hydrogens is 179 g/mol. The average molecular weight is 194 g/mol. The predicted molar refractivity (Wildman–Crippen MR) is 57.3 cm³/mol. The van der Waals surface area contributed by atoms with Crippen LogP contribution in [0.2, 0.25) is 0 Å². The monoisotopic (exact) mass is 194 g/mol. The van der Waals surface area contributed by atoms with Crippen molar-refractivity contribution in [3.63, 3.8) is 0 Å². The number of benzene rings is 1. The van der Waals surface area contributed by atoms with Crippen molar-refractivity contribution in [3.05, 3.63) is 23.5 Å². The molecule has 2 nitrogen and oxygen atoms in total. The number of halogens is 1. The summed E-state index contributed by atoms with van der Waals surface area (Å²) in [7, 11) is 0. The number of fused-ring (bicyclic) bond motifs is 1. The van der Waals surface area contributed by atoms with E-state index in [0.29, 0.717) is 11.6 Å². The van der Waals surface area contributed by atoms with Crippen LogP contribution in [0.25, 0.3) is 0 Å². The molecule has 2 rings (SSSR count). The molecule has 0 radical (unpaired) electrons. The van der Waals surface area contributed by atoms with Gasteiger partial charge in [-0.3, -0.25) is 0 Å². The van der Waals surface area contributed by atoms with Crippen LogP contribution in [-0.2, 0) is 0 Å². The number of hydrogen-bond donors (Lipinski definition) is 2. The summed E-state index contributed by atoms with van der Waals surface area (Å²) in [5, 5.41) is 6.58. The summed E-state index contributed by atoms with van der Waals surface area (Å²) in [6.45, 7) is 4.83. The highest BCUT2D eigenvalue weighted by Gasteiger charge is 2.13. The molecule has 0 aromatic heterocycles. The molecule has 0 spiro atoms. The first-order valence-corrected chi connectivity index (χ1v) is 4.97. The average Bonchev–Trinajstić information content (AvgIpc) is 2.28. The van der Waals surface area contributed by atoms with Gasteiger partial charge in [0.15, 0.2) is 0 Å². The van der Waals surface area contributed by atoms with Crippen molar-refractivity contribution >= 4 is 11.4 Å². The van der Waals surface area contributed by atoms with Gasteiger partial charge in [0.25, 0.3) is 0 Å². The Labute approximate surface area is 83.5 Å². The molecule has 1 atom stereocenters. The highest BCUT2D eigenvalue weighted by Crippen LogP contribution is 2.28. The van der Waals surface area contributed by atoms with Crippen molar-refractivity contribution < 1.29 is 4.39 Å². The standard InChI is InChI=1S/C11H15FN2/c1-7-5-10-11(6-9(7)12)14-8(2)3-4-13-10/h5-6,8,13-14H,3-4H2,1-2H3. The molecule has 1 aromatic carbocycles. The maximum atomic E-state index is 13.3. The van der Waals surface area contributed by atoms with E-state index >= 15 is 0 Å². The van der Waals surface area contributed by atoms with Crippen molar-refractivity contribution in [2.45, 2.75) is 26.3 Å². The van der Waals surface area contributed by atoms with Gasteiger partial charge in [-0.25, -0.2) is 4.39 Å². The van der Waals surface area contributed by atoms with Crippen LogP contribution in [0.5, 0.6) is 0 Å². The molecule has 1 aliphatic rings. The Hall–Kier alpha value is -1.25. The zero-order valence-corrected chi connectivity index (χ0v) is 8.52. The van der Waals surface area contributed by atoms with Gasteiger partial charge < -0.3 is 10.6 Å². The molecule has 76 valence electrons. The molecule has 0 fully saturated rings. The summed E-state index contributed by atoms with van der Waals surface area (Å²) in [6, 6.07) is 3.82. The fourth-order valence-corrected chi connectivity index (χ4v) is 1.71. The first-order chi connectivity index (χ1) is 6.66. The Bertz CT molecular complexity index is 349. The van der Waals surface area contributed by atoms with Gasteiger partial charge in [0.1, 0.15) is 5.82 Å². The Kier molecular flexibility index (Phi) is 2.32. The van der Waals surface area contributed by atoms with E-state index < -0.39 is 0 Å². The molecule has 3 heteroatoms. The minimum atomic E-state index is -0.146. The molecule has 0 aliphatic carbocycles. The summed E-state index contributed by atoms with van der Waals surface area (Å²) >= 11 is 0. The summed E-state index contributed by atoms with van der Waals surface area (Å²) in [4.78, 5) is 0. The van der Waals surface area contributed by atoms with Gasteiger partial charge in [0.05, 0.1) is 11.4 Å². The van der Waals surface area contributed by atoms with E-state index in [0.717, 1.165) is 24.3 Å². The quantitative estimate of drug-likeness (QED) is 0.663. The van der Waals surface area contributed by atoms with E-state index in [1.807, 2.05) is 6.07 Å². The Morgan fingerprint density at radius 3 is 2.93 bits per heavy atom. The van der Waals surface area contributed by atoms with Crippen LogP contribution in [0.1, 0.15) is 18.9 Å². The zero-order valence-electron chi connectivity index (χ0n) is 8.52. The van der Waals surface area contributed by atoms with Gasteiger partial charge in [-0.1, -0.05) is 0 Å². The maximum Gasteiger partial charge on any atom is 0.128 e. The van der Waals surface area contributed by atoms with E-state index in [2.05, 4.69) is 17.6 Å². The minimum absolute atomic E-state index is 0.146. The SMILES string of the molecule is Cc1cc2c(cc1F)NC(C)CCN2. The van der Waals surface area contributed by atoms with Crippen LogP contribution < -0.4 is 10.6 Å². The zero-order chi connectivity index (χ0) is 10.1. The van der Waals surface area contributed by atoms with E-state index in [1.165, 1.54) is 0 Å². The molecule has 1 aliphatic heterocycles. The van der Waals surface area contributed by atoms with E-state index in [-0.39, 0.29) is 5.82 Å². The van der Waals surface area contributed by atoms with Gasteiger partial charge in [-0.2, -0.15) is 0 Å². The molecule has 0 amide bonds. The summed E-state index contributed by atoms with van der Waals surface area (Å²) in [6.07, 6.45) is 1.05. The van der Waals surface area contributed by atoms with Gasteiger partial charge in [0.2, 0.25) is 0 Å². The van der Waals surface area contributed by atoms with E-state index in [9.17, 15) is 4.39 Å². The summed E-state index contributed by atoms with van der Waals surface area (Å²) < 4.78 is 13.3. The Morgan fingerprint density at radius 2 is 2.14 bits per heavy atom. The van der Waals surface area contributed by atoms with E-state index in [1.54, 1.807) is 13.0 Å². The third kappa shape index (κ3) is 1.67. The lowest BCUT2D eigenvalue weighted by Crippen LogP contribution is -2.14. The first-order valence-electron chi connectivity index (χ1n) is 4.97. The Morgan fingerprint density at radius 1 is 1.36 bits per heavy atom. The summed E-state index contributed by atoms with van der Waals surface area (Å²) in [5.41, 5.74) is 2.57. The minimum Gasteiger partial charge on any atom is -0.383 e. The molecule has 1 heterocycles. The molecule has 1 unspecified atom stereocenters. The van der Waals surface area contributed by atoms with Crippen molar-refractivity contribution in [1.29, 1.82) is 0 Å². The first kappa shape index (κ1) is 9.31. The lowest BCUT2D eigenvalue weighted by molar-refractivity contribution is 0.619. The van der Waals surface area contributed by atoms with Crippen LogP contribution in [0.3, 0.4) is 0 Å². The molecule has 0 saturated carbocycles. The molecule has 0 bridgehead atoms.